The molecule has 3 heteroatoms. The molecule has 1 aromatic rings. The van der Waals surface area contributed by atoms with Crippen LogP contribution in [-0.4, -0.2) is 10.6 Å². The summed E-state index contributed by atoms with van der Waals surface area (Å²) in [5.41, 5.74) is 1.17. The summed E-state index contributed by atoms with van der Waals surface area (Å²) in [7, 11) is 0. The summed E-state index contributed by atoms with van der Waals surface area (Å²) in [6.07, 6.45) is 8.51. The average molecular weight is 276 g/mol. The molecule has 0 radical (unpaired) electrons. The topological polar surface area (TPSA) is 34.0 Å². The lowest BCUT2D eigenvalue weighted by Crippen LogP contribution is -2.28. The highest BCUT2D eigenvalue weighted by Crippen LogP contribution is 2.30. The molecule has 1 heterocycles. The minimum Gasteiger partial charge on any atom is -0.381 e. The van der Waals surface area contributed by atoms with E-state index < -0.39 is 0 Å². The maximum Gasteiger partial charge on any atom is 0.250 e. The average Bonchev–Trinajstić information content (AvgIpc) is 2.40. The van der Waals surface area contributed by atoms with Gasteiger partial charge in [0.15, 0.2) is 0 Å². The smallest absolute Gasteiger partial charge is 0.250 e. The van der Waals surface area contributed by atoms with Crippen LogP contribution in [0.25, 0.3) is 0 Å². The van der Waals surface area contributed by atoms with Crippen LogP contribution in [-0.2, 0) is 6.54 Å². The first-order valence-electron chi connectivity index (χ1n) is 8.05. The number of nitrogens with one attached hydrogen (secondary N) is 1. The Labute approximate surface area is 122 Å². The number of rotatable bonds is 5. The van der Waals surface area contributed by atoms with Gasteiger partial charge in [-0.05, 0) is 44.1 Å². The normalized spacial score (nSPS) is 23.0. The van der Waals surface area contributed by atoms with Crippen LogP contribution in [0, 0.1) is 11.8 Å². The van der Waals surface area contributed by atoms with E-state index in [9.17, 15) is 4.79 Å². The molecule has 2 rings (SSSR count). The van der Waals surface area contributed by atoms with Gasteiger partial charge < -0.3 is 9.88 Å². The molecule has 2 unspecified atom stereocenters. The van der Waals surface area contributed by atoms with Crippen LogP contribution in [0.2, 0.25) is 0 Å². The van der Waals surface area contributed by atoms with E-state index >= 15 is 0 Å². The fourth-order valence-corrected chi connectivity index (χ4v) is 3.40. The lowest BCUT2D eigenvalue weighted by atomic mass is 9.81. The van der Waals surface area contributed by atoms with Crippen molar-refractivity contribution in [1.82, 2.24) is 4.57 Å². The highest BCUT2D eigenvalue weighted by Gasteiger charge is 2.22. The van der Waals surface area contributed by atoms with Gasteiger partial charge in [-0.25, -0.2) is 0 Å². The molecule has 1 saturated carbocycles. The number of pyridine rings is 1. The van der Waals surface area contributed by atoms with E-state index in [0.29, 0.717) is 6.04 Å². The first-order chi connectivity index (χ1) is 9.58. The van der Waals surface area contributed by atoms with Crippen molar-refractivity contribution >= 4 is 5.69 Å². The van der Waals surface area contributed by atoms with Crippen LogP contribution in [0.15, 0.2) is 23.1 Å². The van der Waals surface area contributed by atoms with Crippen LogP contribution >= 0.6 is 0 Å². The van der Waals surface area contributed by atoms with Gasteiger partial charge in [0.1, 0.15) is 0 Å². The monoisotopic (exact) mass is 276 g/mol. The Hall–Kier alpha value is -1.25. The van der Waals surface area contributed by atoms with Crippen molar-refractivity contribution in [3.63, 3.8) is 0 Å². The number of hydrogen-bond donors (Lipinski definition) is 1. The van der Waals surface area contributed by atoms with Gasteiger partial charge in [-0.2, -0.15) is 0 Å². The fraction of sp³-hybridized carbons (Fsp3) is 0.706. The molecule has 0 saturated heterocycles. The number of nitrogens with zero attached hydrogens (tertiary/aromatic N) is 1. The molecule has 112 valence electrons. The SMILES string of the molecule is CCn1cc(NC2CCCC(CC(C)C)C2)ccc1=O. The summed E-state index contributed by atoms with van der Waals surface area (Å²) < 4.78 is 1.76. The van der Waals surface area contributed by atoms with E-state index in [1.165, 1.54) is 32.1 Å². The van der Waals surface area contributed by atoms with Crippen LogP contribution in [0.4, 0.5) is 5.69 Å². The van der Waals surface area contributed by atoms with Gasteiger partial charge in [0.05, 0.1) is 5.69 Å². The van der Waals surface area contributed by atoms with Crippen molar-refractivity contribution in [2.45, 2.75) is 65.5 Å². The fourth-order valence-electron chi connectivity index (χ4n) is 3.40. The van der Waals surface area contributed by atoms with Crippen molar-refractivity contribution in [1.29, 1.82) is 0 Å². The first kappa shape index (κ1) is 15.1. The van der Waals surface area contributed by atoms with E-state index in [1.54, 1.807) is 10.6 Å². The zero-order chi connectivity index (χ0) is 14.5. The van der Waals surface area contributed by atoms with Gasteiger partial charge in [-0.15, -0.1) is 0 Å². The molecule has 1 aliphatic rings. The quantitative estimate of drug-likeness (QED) is 0.885. The Bertz CT molecular complexity index is 478. The third-order valence-corrected chi connectivity index (χ3v) is 4.28. The Balaban J connectivity index is 1.97. The summed E-state index contributed by atoms with van der Waals surface area (Å²) in [5.74, 6) is 1.65. The molecule has 1 N–H and O–H groups in total. The van der Waals surface area contributed by atoms with Gasteiger partial charge in [0.25, 0.3) is 5.56 Å². The van der Waals surface area contributed by atoms with Crippen molar-refractivity contribution < 1.29 is 0 Å². The molecular formula is C17H28N2O. The molecule has 0 aromatic carbocycles. The van der Waals surface area contributed by atoms with Gasteiger partial charge in [0, 0.05) is 24.8 Å². The molecular weight excluding hydrogens is 248 g/mol. The lowest BCUT2D eigenvalue weighted by Gasteiger charge is -2.31. The highest BCUT2D eigenvalue weighted by atomic mass is 16.1. The zero-order valence-electron chi connectivity index (χ0n) is 13.1. The second-order valence-corrected chi connectivity index (χ2v) is 6.55. The first-order valence-corrected chi connectivity index (χ1v) is 8.05. The summed E-state index contributed by atoms with van der Waals surface area (Å²) in [6, 6.07) is 4.15. The van der Waals surface area contributed by atoms with E-state index in [1.807, 2.05) is 19.2 Å². The number of aromatic nitrogens is 1. The van der Waals surface area contributed by atoms with Crippen LogP contribution < -0.4 is 10.9 Å². The molecule has 0 bridgehead atoms. The van der Waals surface area contributed by atoms with Gasteiger partial charge in [-0.3, -0.25) is 4.79 Å². The largest absolute Gasteiger partial charge is 0.381 e. The van der Waals surface area contributed by atoms with Gasteiger partial charge in [0.2, 0.25) is 0 Å². The predicted molar refractivity (Wildman–Crippen MR) is 85.2 cm³/mol. The van der Waals surface area contributed by atoms with E-state index in [-0.39, 0.29) is 5.56 Å². The maximum absolute atomic E-state index is 11.6. The molecule has 0 aliphatic heterocycles. The number of aryl methyl sites for hydroxylation is 1. The molecule has 0 spiro atoms. The molecule has 1 aromatic heterocycles. The predicted octanol–water partition coefficient (Wildman–Crippen LogP) is 3.89. The summed E-state index contributed by atoms with van der Waals surface area (Å²) in [4.78, 5) is 11.6. The van der Waals surface area contributed by atoms with Gasteiger partial charge in [-0.1, -0.05) is 26.7 Å². The second-order valence-electron chi connectivity index (χ2n) is 6.55. The molecule has 1 fully saturated rings. The second kappa shape index (κ2) is 6.96. The Morgan fingerprint density at radius 3 is 2.85 bits per heavy atom. The van der Waals surface area contributed by atoms with Crippen molar-refractivity contribution in [3.05, 3.63) is 28.7 Å². The highest BCUT2D eigenvalue weighted by molar-refractivity contribution is 5.41. The third kappa shape index (κ3) is 4.12. The van der Waals surface area contributed by atoms with E-state index in [4.69, 9.17) is 0 Å². The molecule has 3 nitrogen and oxygen atoms in total. The molecule has 1 aliphatic carbocycles. The van der Waals surface area contributed by atoms with Crippen LogP contribution in [0.5, 0.6) is 0 Å². The molecule has 0 amide bonds. The van der Waals surface area contributed by atoms with Gasteiger partial charge >= 0.3 is 0 Å². The van der Waals surface area contributed by atoms with E-state index in [0.717, 1.165) is 24.1 Å². The zero-order valence-corrected chi connectivity index (χ0v) is 13.1. The Morgan fingerprint density at radius 1 is 1.35 bits per heavy atom. The third-order valence-electron chi connectivity index (χ3n) is 4.28. The van der Waals surface area contributed by atoms with Crippen LogP contribution in [0.1, 0.15) is 52.9 Å². The Kier molecular flexibility index (Phi) is 5.27. The standard InChI is InChI=1S/C17H28N2O/c1-4-19-12-16(8-9-17(19)20)18-15-7-5-6-14(11-15)10-13(2)3/h8-9,12-15,18H,4-7,10-11H2,1-3H3. The van der Waals surface area contributed by atoms with Crippen molar-refractivity contribution in [3.8, 4) is 0 Å². The lowest BCUT2D eigenvalue weighted by molar-refractivity contribution is 0.289. The number of anilines is 1. The molecule has 2 atom stereocenters. The minimum atomic E-state index is 0.0828. The van der Waals surface area contributed by atoms with Crippen molar-refractivity contribution in [2.75, 3.05) is 5.32 Å². The minimum absolute atomic E-state index is 0.0828. The summed E-state index contributed by atoms with van der Waals surface area (Å²) in [5, 5.41) is 3.63. The van der Waals surface area contributed by atoms with Crippen molar-refractivity contribution in [2.24, 2.45) is 11.8 Å². The molecule has 20 heavy (non-hydrogen) atoms. The summed E-state index contributed by atoms with van der Waals surface area (Å²) >= 11 is 0. The van der Waals surface area contributed by atoms with Crippen LogP contribution in [0.3, 0.4) is 0 Å². The summed E-state index contributed by atoms with van der Waals surface area (Å²) in [6.45, 7) is 7.36. The maximum atomic E-state index is 11.6. The Morgan fingerprint density at radius 2 is 2.15 bits per heavy atom. The number of hydrogen-bond acceptors (Lipinski definition) is 2. The van der Waals surface area contributed by atoms with E-state index in [2.05, 4.69) is 19.2 Å².